The lowest BCUT2D eigenvalue weighted by atomic mass is 10.1. The van der Waals surface area contributed by atoms with Crippen LogP contribution in [0.25, 0.3) is 0 Å². The summed E-state index contributed by atoms with van der Waals surface area (Å²) >= 11 is 5.99. The normalized spacial score (nSPS) is 11.3. The molecule has 0 spiro atoms. The van der Waals surface area contributed by atoms with Crippen LogP contribution in [0, 0.1) is 0 Å². The Balaban J connectivity index is 1.73. The molecule has 0 bridgehead atoms. The molecule has 1 amide bonds. The molecule has 0 saturated heterocycles. The summed E-state index contributed by atoms with van der Waals surface area (Å²) in [5.74, 6) is 0.106. The van der Waals surface area contributed by atoms with Crippen molar-refractivity contribution in [1.29, 1.82) is 0 Å². The van der Waals surface area contributed by atoms with Gasteiger partial charge in [-0.25, -0.2) is 4.98 Å². The second-order valence-electron chi connectivity index (χ2n) is 6.20. The molecule has 1 aromatic heterocycles. The number of carbonyl (C=O) groups excluding carboxylic acids is 1. The number of aromatic amines is 1. The van der Waals surface area contributed by atoms with Crippen molar-refractivity contribution in [3.8, 4) is 0 Å². The molecule has 0 radical (unpaired) electrons. The lowest BCUT2D eigenvalue weighted by Gasteiger charge is -2.12. The number of amides is 1. The van der Waals surface area contributed by atoms with Crippen LogP contribution in [0.5, 0.6) is 0 Å². The molecule has 0 unspecified atom stereocenters. The Kier molecular flexibility index (Phi) is 6.81. The van der Waals surface area contributed by atoms with E-state index in [0.29, 0.717) is 29.5 Å². The summed E-state index contributed by atoms with van der Waals surface area (Å²) in [4.78, 5) is 24.1. The second-order valence-corrected chi connectivity index (χ2v) is 6.63. The zero-order valence-corrected chi connectivity index (χ0v) is 16.3. The Morgan fingerprint density at radius 2 is 2.04 bits per heavy atom. The summed E-state index contributed by atoms with van der Waals surface area (Å²) in [5.41, 5.74) is 3.54. The molecular weight excluding hydrogens is 374 g/mol. The maximum Gasteiger partial charge on any atom is 0.258 e. The fourth-order valence-electron chi connectivity index (χ4n) is 2.59. The predicted octanol–water partition coefficient (Wildman–Crippen LogP) is 4.07. The van der Waals surface area contributed by atoms with Crippen LogP contribution in [0.1, 0.15) is 28.5 Å². The highest BCUT2D eigenvalue weighted by Crippen LogP contribution is 2.12. The number of imidazole rings is 1. The molecule has 3 aromatic rings. The molecule has 7 heteroatoms. The average Bonchev–Trinajstić information content (AvgIpc) is 3.22. The van der Waals surface area contributed by atoms with Crippen LogP contribution >= 0.6 is 11.6 Å². The topological polar surface area (TPSA) is 82.2 Å². The number of anilines is 1. The minimum atomic E-state index is -0.277. The molecule has 0 atom stereocenters. The molecular formula is C21H22ClN5O. The van der Waals surface area contributed by atoms with Crippen molar-refractivity contribution >= 4 is 29.2 Å². The third-order valence-corrected chi connectivity index (χ3v) is 4.38. The molecule has 3 rings (SSSR count). The minimum Gasteiger partial charge on any atom is -0.348 e. The van der Waals surface area contributed by atoms with Gasteiger partial charge in [0, 0.05) is 41.1 Å². The first-order chi connectivity index (χ1) is 13.6. The van der Waals surface area contributed by atoms with E-state index in [1.165, 1.54) is 5.56 Å². The number of hydrogen-bond donors (Lipinski definition) is 3. The van der Waals surface area contributed by atoms with Crippen molar-refractivity contribution in [2.75, 3.05) is 11.9 Å². The van der Waals surface area contributed by atoms with E-state index in [-0.39, 0.29) is 5.91 Å². The Morgan fingerprint density at radius 3 is 2.71 bits per heavy atom. The first-order valence-electron chi connectivity index (χ1n) is 9.08. The number of nitrogens with one attached hydrogen (secondary N) is 3. The van der Waals surface area contributed by atoms with E-state index >= 15 is 0 Å². The molecule has 0 aliphatic carbocycles. The summed E-state index contributed by atoms with van der Waals surface area (Å²) in [6, 6.07) is 14.8. The van der Waals surface area contributed by atoms with Crippen molar-refractivity contribution in [3.63, 3.8) is 0 Å². The predicted molar refractivity (Wildman–Crippen MR) is 113 cm³/mol. The SMILES string of the molecule is CCc1ccc(NC(=NCCc2cnc[nH]2)NC(=O)c2cccc(Cl)c2)cc1. The van der Waals surface area contributed by atoms with E-state index in [0.717, 1.165) is 17.8 Å². The molecule has 0 fully saturated rings. The zero-order chi connectivity index (χ0) is 19.8. The molecule has 28 heavy (non-hydrogen) atoms. The van der Waals surface area contributed by atoms with Crippen LogP contribution in [-0.2, 0) is 12.8 Å². The molecule has 6 nitrogen and oxygen atoms in total. The maximum absolute atomic E-state index is 12.6. The van der Waals surface area contributed by atoms with Gasteiger partial charge in [0.05, 0.1) is 6.33 Å². The lowest BCUT2D eigenvalue weighted by molar-refractivity contribution is 0.0977. The van der Waals surface area contributed by atoms with Crippen LogP contribution in [0.3, 0.4) is 0 Å². The van der Waals surface area contributed by atoms with E-state index in [4.69, 9.17) is 11.6 Å². The molecule has 1 heterocycles. The lowest BCUT2D eigenvalue weighted by Crippen LogP contribution is -2.36. The summed E-state index contributed by atoms with van der Waals surface area (Å²) in [7, 11) is 0. The Morgan fingerprint density at radius 1 is 1.21 bits per heavy atom. The van der Waals surface area contributed by atoms with Gasteiger partial charge in [-0.3, -0.25) is 15.1 Å². The summed E-state index contributed by atoms with van der Waals surface area (Å²) in [5, 5.41) is 6.53. The van der Waals surface area contributed by atoms with E-state index in [2.05, 4.69) is 32.5 Å². The highest BCUT2D eigenvalue weighted by Gasteiger charge is 2.10. The average molecular weight is 396 g/mol. The number of carbonyl (C=O) groups is 1. The smallest absolute Gasteiger partial charge is 0.258 e. The number of nitrogens with zero attached hydrogens (tertiary/aromatic N) is 2. The van der Waals surface area contributed by atoms with Gasteiger partial charge < -0.3 is 10.3 Å². The van der Waals surface area contributed by atoms with E-state index in [1.807, 2.05) is 24.3 Å². The monoisotopic (exact) mass is 395 g/mol. The first-order valence-corrected chi connectivity index (χ1v) is 9.46. The van der Waals surface area contributed by atoms with Crippen molar-refractivity contribution in [1.82, 2.24) is 15.3 Å². The zero-order valence-electron chi connectivity index (χ0n) is 15.6. The molecule has 0 saturated carbocycles. The van der Waals surface area contributed by atoms with Crippen LogP contribution in [0.15, 0.2) is 66.0 Å². The largest absolute Gasteiger partial charge is 0.348 e. The number of hydrogen-bond acceptors (Lipinski definition) is 3. The fraction of sp³-hybridized carbons (Fsp3) is 0.190. The number of benzene rings is 2. The number of aliphatic imine (C=N–C) groups is 1. The molecule has 0 aliphatic rings. The Bertz CT molecular complexity index is 936. The van der Waals surface area contributed by atoms with E-state index < -0.39 is 0 Å². The van der Waals surface area contributed by atoms with Gasteiger partial charge in [0.1, 0.15) is 0 Å². The van der Waals surface area contributed by atoms with Crippen molar-refractivity contribution < 1.29 is 4.79 Å². The van der Waals surface area contributed by atoms with Crippen molar-refractivity contribution in [2.24, 2.45) is 4.99 Å². The van der Waals surface area contributed by atoms with Gasteiger partial charge in [0.25, 0.3) is 5.91 Å². The van der Waals surface area contributed by atoms with Gasteiger partial charge in [-0.15, -0.1) is 0 Å². The standard InChI is InChI=1S/C21H22ClN5O/c1-2-15-6-8-18(9-7-15)26-21(24-11-10-19-13-23-14-25-19)27-20(28)16-4-3-5-17(22)12-16/h3-9,12-14H,2,10-11H2,1H3,(H,23,25)(H2,24,26,27,28). The van der Waals surface area contributed by atoms with Crippen LogP contribution < -0.4 is 10.6 Å². The number of aromatic nitrogens is 2. The number of guanidine groups is 1. The van der Waals surface area contributed by atoms with E-state index in [9.17, 15) is 4.79 Å². The van der Waals surface area contributed by atoms with Crippen molar-refractivity contribution in [3.05, 3.63) is 82.9 Å². The van der Waals surface area contributed by atoms with Gasteiger partial charge in [-0.2, -0.15) is 0 Å². The van der Waals surface area contributed by atoms with Crippen LogP contribution in [0.2, 0.25) is 5.02 Å². The van der Waals surface area contributed by atoms with Gasteiger partial charge in [-0.05, 0) is 42.3 Å². The summed E-state index contributed by atoms with van der Waals surface area (Å²) in [6.07, 6.45) is 5.05. The molecule has 2 aromatic carbocycles. The third-order valence-electron chi connectivity index (χ3n) is 4.15. The Labute approximate surface area is 169 Å². The van der Waals surface area contributed by atoms with Gasteiger partial charge >= 0.3 is 0 Å². The van der Waals surface area contributed by atoms with Crippen LogP contribution in [-0.4, -0.2) is 28.4 Å². The second kappa shape index (κ2) is 9.71. The molecule has 0 aliphatic heterocycles. The molecule has 144 valence electrons. The Hall–Kier alpha value is -3.12. The quantitative estimate of drug-likeness (QED) is 0.434. The first kappa shape index (κ1) is 19.6. The third kappa shape index (κ3) is 5.69. The number of H-pyrrole nitrogens is 1. The van der Waals surface area contributed by atoms with Crippen molar-refractivity contribution in [2.45, 2.75) is 19.8 Å². The van der Waals surface area contributed by atoms with Gasteiger partial charge in [0.2, 0.25) is 5.96 Å². The van der Waals surface area contributed by atoms with Crippen LogP contribution in [0.4, 0.5) is 5.69 Å². The number of halogens is 1. The maximum atomic E-state index is 12.6. The highest BCUT2D eigenvalue weighted by atomic mass is 35.5. The van der Waals surface area contributed by atoms with E-state index in [1.54, 1.807) is 36.8 Å². The minimum absolute atomic E-state index is 0.277. The summed E-state index contributed by atoms with van der Waals surface area (Å²) in [6.45, 7) is 2.60. The number of rotatable bonds is 6. The van der Waals surface area contributed by atoms with Gasteiger partial charge in [-0.1, -0.05) is 36.7 Å². The van der Waals surface area contributed by atoms with Gasteiger partial charge in [0.15, 0.2) is 0 Å². The fourth-order valence-corrected chi connectivity index (χ4v) is 2.78. The summed E-state index contributed by atoms with van der Waals surface area (Å²) < 4.78 is 0. The molecule has 3 N–H and O–H groups in total. The highest BCUT2D eigenvalue weighted by molar-refractivity contribution is 6.31. The number of aryl methyl sites for hydroxylation is 1.